The van der Waals surface area contributed by atoms with Crippen molar-refractivity contribution in [2.75, 3.05) is 43.4 Å². The maximum Gasteiger partial charge on any atom is 0.317 e. The molecule has 5 heteroatoms. The molecule has 0 unspecified atom stereocenters. The smallest absolute Gasteiger partial charge is 0.317 e. The molecule has 0 atom stereocenters. The molecule has 96 valence electrons. The van der Waals surface area contributed by atoms with Gasteiger partial charge in [-0.3, -0.25) is 0 Å². The van der Waals surface area contributed by atoms with Gasteiger partial charge >= 0.3 is 6.03 Å². The summed E-state index contributed by atoms with van der Waals surface area (Å²) in [4.78, 5) is 15.6. The fourth-order valence-electron chi connectivity index (χ4n) is 2.73. The molecule has 2 heterocycles. The van der Waals surface area contributed by atoms with Crippen molar-refractivity contribution in [1.82, 2.24) is 10.2 Å². The minimum atomic E-state index is 0.0574. The second-order valence-corrected chi connectivity index (χ2v) is 4.80. The van der Waals surface area contributed by atoms with Crippen LogP contribution in [0, 0.1) is 0 Å². The van der Waals surface area contributed by atoms with E-state index in [1.54, 1.807) is 0 Å². The number of nitrogen functional groups attached to an aromatic ring is 1. The van der Waals surface area contributed by atoms with Crippen LogP contribution < -0.4 is 16.0 Å². The largest absolute Gasteiger partial charge is 0.398 e. The Labute approximate surface area is 107 Å². The molecule has 1 aromatic rings. The third-order valence-electron chi connectivity index (χ3n) is 3.74. The number of carbonyl (C=O) groups excluding carboxylic acids is 1. The molecule has 2 amide bonds. The lowest BCUT2D eigenvalue weighted by atomic mass is 10.1. The minimum Gasteiger partial charge on any atom is -0.398 e. The van der Waals surface area contributed by atoms with Crippen LogP contribution in [0.3, 0.4) is 0 Å². The molecule has 0 saturated carbocycles. The molecule has 18 heavy (non-hydrogen) atoms. The van der Waals surface area contributed by atoms with Gasteiger partial charge in [-0.1, -0.05) is 6.07 Å². The topological polar surface area (TPSA) is 61.6 Å². The summed E-state index contributed by atoms with van der Waals surface area (Å²) in [5, 5.41) is 2.82. The Balaban J connectivity index is 1.66. The zero-order chi connectivity index (χ0) is 12.5. The average molecular weight is 246 g/mol. The van der Waals surface area contributed by atoms with Gasteiger partial charge in [0.05, 0.1) is 0 Å². The number of benzene rings is 1. The number of fused-ring (bicyclic) bond motifs is 1. The van der Waals surface area contributed by atoms with Crippen molar-refractivity contribution in [1.29, 1.82) is 0 Å². The predicted molar refractivity (Wildman–Crippen MR) is 71.7 cm³/mol. The molecule has 2 aliphatic rings. The van der Waals surface area contributed by atoms with Crippen LogP contribution in [0.15, 0.2) is 18.2 Å². The van der Waals surface area contributed by atoms with E-state index < -0.39 is 0 Å². The SMILES string of the molecule is Nc1cccc2c1CCN2CCN1CCNC1=O. The lowest BCUT2D eigenvalue weighted by molar-refractivity contribution is 0.218. The van der Waals surface area contributed by atoms with Gasteiger partial charge in [-0.05, 0) is 18.6 Å². The molecule has 0 aromatic heterocycles. The van der Waals surface area contributed by atoms with Crippen molar-refractivity contribution in [3.63, 3.8) is 0 Å². The molecule has 3 rings (SSSR count). The molecule has 2 aliphatic heterocycles. The Kier molecular flexibility index (Phi) is 2.74. The second-order valence-electron chi connectivity index (χ2n) is 4.80. The van der Waals surface area contributed by atoms with Crippen LogP contribution in [0.4, 0.5) is 16.2 Å². The summed E-state index contributed by atoms with van der Waals surface area (Å²) < 4.78 is 0. The highest BCUT2D eigenvalue weighted by atomic mass is 16.2. The molecule has 0 aliphatic carbocycles. The van der Waals surface area contributed by atoms with Crippen molar-refractivity contribution in [2.45, 2.75) is 6.42 Å². The van der Waals surface area contributed by atoms with Gasteiger partial charge in [-0.2, -0.15) is 0 Å². The number of rotatable bonds is 3. The van der Waals surface area contributed by atoms with Gasteiger partial charge in [0.2, 0.25) is 0 Å². The fourth-order valence-corrected chi connectivity index (χ4v) is 2.73. The number of carbonyl (C=O) groups is 1. The Hall–Kier alpha value is -1.91. The van der Waals surface area contributed by atoms with Gasteiger partial charge in [0.1, 0.15) is 0 Å². The highest BCUT2D eigenvalue weighted by Gasteiger charge is 2.23. The molecule has 0 spiro atoms. The Morgan fingerprint density at radius 2 is 2.06 bits per heavy atom. The molecule has 5 nitrogen and oxygen atoms in total. The van der Waals surface area contributed by atoms with E-state index in [4.69, 9.17) is 5.73 Å². The van der Waals surface area contributed by atoms with E-state index in [9.17, 15) is 4.79 Å². The summed E-state index contributed by atoms with van der Waals surface area (Å²) in [6.45, 7) is 4.24. The van der Waals surface area contributed by atoms with Gasteiger partial charge < -0.3 is 20.9 Å². The average Bonchev–Trinajstić information content (AvgIpc) is 2.94. The summed E-state index contributed by atoms with van der Waals surface area (Å²) in [5.74, 6) is 0. The maximum atomic E-state index is 11.5. The van der Waals surface area contributed by atoms with Crippen LogP contribution >= 0.6 is 0 Å². The van der Waals surface area contributed by atoms with Gasteiger partial charge in [0, 0.05) is 49.7 Å². The number of amides is 2. The molecule has 0 radical (unpaired) electrons. The van der Waals surface area contributed by atoms with Crippen LogP contribution in [-0.2, 0) is 6.42 Å². The molecule has 1 fully saturated rings. The minimum absolute atomic E-state index is 0.0574. The monoisotopic (exact) mass is 246 g/mol. The zero-order valence-corrected chi connectivity index (χ0v) is 10.4. The van der Waals surface area contributed by atoms with E-state index in [2.05, 4.69) is 16.3 Å². The van der Waals surface area contributed by atoms with Crippen molar-refractivity contribution < 1.29 is 4.79 Å². The Bertz CT molecular complexity index is 474. The first-order chi connectivity index (χ1) is 8.75. The van der Waals surface area contributed by atoms with Crippen LogP contribution in [-0.4, -0.2) is 43.7 Å². The van der Waals surface area contributed by atoms with Gasteiger partial charge in [-0.25, -0.2) is 4.79 Å². The van der Waals surface area contributed by atoms with Crippen molar-refractivity contribution in [3.05, 3.63) is 23.8 Å². The summed E-state index contributed by atoms with van der Waals surface area (Å²) in [5.41, 5.74) is 9.34. The van der Waals surface area contributed by atoms with Crippen molar-refractivity contribution >= 4 is 17.4 Å². The highest BCUT2D eigenvalue weighted by molar-refractivity contribution is 5.76. The first-order valence-corrected chi connectivity index (χ1v) is 6.41. The molecular formula is C13H18N4O. The molecule has 1 aromatic carbocycles. The third-order valence-corrected chi connectivity index (χ3v) is 3.74. The molecule has 0 bridgehead atoms. The van der Waals surface area contributed by atoms with Crippen LogP contribution in [0.2, 0.25) is 0 Å². The zero-order valence-electron chi connectivity index (χ0n) is 10.4. The normalized spacial score (nSPS) is 18.1. The summed E-state index contributed by atoms with van der Waals surface area (Å²) in [6, 6.07) is 6.12. The summed E-state index contributed by atoms with van der Waals surface area (Å²) in [7, 11) is 0. The number of hydrogen-bond donors (Lipinski definition) is 2. The second kappa shape index (κ2) is 4.40. The van der Waals surface area contributed by atoms with E-state index in [-0.39, 0.29) is 6.03 Å². The van der Waals surface area contributed by atoms with E-state index >= 15 is 0 Å². The van der Waals surface area contributed by atoms with Crippen LogP contribution in [0.25, 0.3) is 0 Å². The first kappa shape index (κ1) is 11.2. The Morgan fingerprint density at radius 3 is 2.83 bits per heavy atom. The number of hydrogen-bond acceptors (Lipinski definition) is 3. The number of urea groups is 1. The summed E-state index contributed by atoms with van der Waals surface area (Å²) in [6.07, 6.45) is 1.01. The first-order valence-electron chi connectivity index (χ1n) is 6.41. The van der Waals surface area contributed by atoms with E-state index in [0.29, 0.717) is 0 Å². The summed E-state index contributed by atoms with van der Waals surface area (Å²) >= 11 is 0. The number of nitrogens with two attached hydrogens (primary N) is 1. The van der Waals surface area contributed by atoms with Crippen LogP contribution in [0.1, 0.15) is 5.56 Å². The van der Waals surface area contributed by atoms with E-state index in [0.717, 1.165) is 44.8 Å². The van der Waals surface area contributed by atoms with Gasteiger partial charge in [-0.15, -0.1) is 0 Å². The number of nitrogens with one attached hydrogen (secondary N) is 1. The standard InChI is InChI=1S/C13H18N4O/c14-11-2-1-3-12-10(11)4-6-16(12)8-9-17-7-5-15-13(17)18/h1-3H,4-9,14H2,(H,15,18). The lowest BCUT2D eigenvalue weighted by Crippen LogP contribution is -2.36. The third kappa shape index (κ3) is 1.85. The fraction of sp³-hybridized carbons (Fsp3) is 0.462. The lowest BCUT2D eigenvalue weighted by Gasteiger charge is -2.23. The van der Waals surface area contributed by atoms with Gasteiger partial charge in [0.15, 0.2) is 0 Å². The molecule has 3 N–H and O–H groups in total. The molecular weight excluding hydrogens is 228 g/mol. The van der Waals surface area contributed by atoms with Crippen molar-refractivity contribution in [2.24, 2.45) is 0 Å². The van der Waals surface area contributed by atoms with Crippen molar-refractivity contribution in [3.8, 4) is 0 Å². The van der Waals surface area contributed by atoms with E-state index in [1.165, 1.54) is 11.3 Å². The molecule has 1 saturated heterocycles. The van der Waals surface area contributed by atoms with E-state index in [1.807, 2.05) is 17.0 Å². The highest BCUT2D eigenvalue weighted by Crippen LogP contribution is 2.31. The maximum absolute atomic E-state index is 11.5. The van der Waals surface area contributed by atoms with Gasteiger partial charge in [0.25, 0.3) is 0 Å². The number of nitrogens with zero attached hydrogens (tertiary/aromatic N) is 2. The van der Waals surface area contributed by atoms with Crippen LogP contribution in [0.5, 0.6) is 0 Å². The quantitative estimate of drug-likeness (QED) is 0.770. The predicted octanol–water partition coefficient (Wildman–Crippen LogP) is 0.656. The number of anilines is 2. The Morgan fingerprint density at radius 1 is 1.22 bits per heavy atom.